The van der Waals surface area contributed by atoms with Crippen LogP contribution in [-0.2, 0) is 12.8 Å². The molecule has 0 saturated carbocycles. The molecule has 100 valence electrons. The van der Waals surface area contributed by atoms with Gasteiger partial charge in [-0.15, -0.1) is 0 Å². The molecule has 1 atom stereocenters. The molecule has 0 aromatic heterocycles. The summed E-state index contributed by atoms with van der Waals surface area (Å²) in [6.45, 7) is 7.33. The molecule has 3 heteroatoms. The van der Waals surface area contributed by atoms with E-state index in [2.05, 4.69) is 20.8 Å². The second-order valence-corrected chi connectivity index (χ2v) is 6.61. The number of nitrogens with two attached hydrogens (primary N) is 1. The third-order valence-electron chi connectivity index (χ3n) is 3.37. The average Bonchev–Trinajstić information content (AvgIpc) is 2.61. The first-order chi connectivity index (χ1) is 8.37. The van der Waals surface area contributed by atoms with E-state index >= 15 is 0 Å². The number of benzene rings is 1. The summed E-state index contributed by atoms with van der Waals surface area (Å²) in [4.78, 5) is 0. The van der Waals surface area contributed by atoms with E-state index in [1.165, 1.54) is 11.1 Å². The van der Waals surface area contributed by atoms with Crippen molar-refractivity contribution in [2.75, 3.05) is 6.61 Å². The van der Waals surface area contributed by atoms with Gasteiger partial charge < -0.3 is 10.5 Å². The van der Waals surface area contributed by atoms with Gasteiger partial charge in [0.1, 0.15) is 5.75 Å². The minimum atomic E-state index is 0.165. The molecule has 1 heterocycles. The molecule has 1 unspecified atom stereocenters. The zero-order chi connectivity index (χ0) is 13.3. The summed E-state index contributed by atoms with van der Waals surface area (Å²) in [7, 11) is 0. The van der Waals surface area contributed by atoms with Gasteiger partial charge in [0.05, 0.1) is 6.61 Å². The van der Waals surface area contributed by atoms with Crippen molar-refractivity contribution in [2.24, 2.45) is 11.1 Å². The lowest BCUT2D eigenvalue weighted by Crippen LogP contribution is -2.26. The van der Waals surface area contributed by atoms with Gasteiger partial charge >= 0.3 is 0 Å². The van der Waals surface area contributed by atoms with Crippen LogP contribution in [0.1, 0.15) is 38.3 Å². The molecule has 0 spiro atoms. The maximum Gasteiger partial charge on any atom is 0.125 e. The highest BCUT2D eigenvalue weighted by Gasteiger charge is 2.25. The summed E-state index contributed by atoms with van der Waals surface area (Å²) in [6, 6.07) is 4.27. The van der Waals surface area contributed by atoms with Crippen LogP contribution in [0.5, 0.6) is 5.75 Å². The highest BCUT2D eigenvalue weighted by Crippen LogP contribution is 2.37. The number of hydrogen-bond donors (Lipinski definition) is 1. The molecule has 1 aromatic carbocycles. The van der Waals surface area contributed by atoms with Crippen LogP contribution in [0.15, 0.2) is 12.1 Å². The normalized spacial score (nSPS) is 16.3. The van der Waals surface area contributed by atoms with Gasteiger partial charge in [0.2, 0.25) is 0 Å². The van der Waals surface area contributed by atoms with Crippen molar-refractivity contribution < 1.29 is 4.74 Å². The lowest BCUT2D eigenvalue weighted by molar-refractivity contribution is 0.299. The Hall–Kier alpha value is -0.730. The van der Waals surface area contributed by atoms with Gasteiger partial charge in [0.25, 0.3) is 0 Å². The highest BCUT2D eigenvalue weighted by atomic mass is 35.5. The largest absolute Gasteiger partial charge is 0.493 e. The van der Waals surface area contributed by atoms with Crippen LogP contribution < -0.4 is 10.5 Å². The van der Waals surface area contributed by atoms with Crippen molar-refractivity contribution in [3.63, 3.8) is 0 Å². The molecule has 0 amide bonds. The van der Waals surface area contributed by atoms with E-state index in [1.54, 1.807) is 0 Å². The van der Waals surface area contributed by atoms with Crippen LogP contribution in [-0.4, -0.2) is 12.6 Å². The van der Waals surface area contributed by atoms with Gasteiger partial charge in [-0.05, 0) is 48.4 Å². The summed E-state index contributed by atoms with van der Waals surface area (Å²) in [5.41, 5.74) is 8.55. The molecule has 2 N–H and O–H groups in total. The smallest absolute Gasteiger partial charge is 0.125 e. The number of hydrogen-bond acceptors (Lipinski definition) is 2. The Bertz CT molecular complexity index is 440. The minimum absolute atomic E-state index is 0.165. The van der Waals surface area contributed by atoms with Gasteiger partial charge in [0, 0.05) is 17.5 Å². The van der Waals surface area contributed by atoms with Crippen molar-refractivity contribution in [2.45, 2.75) is 46.1 Å². The predicted octanol–water partition coefficient (Wildman–Crippen LogP) is 3.58. The lowest BCUT2D eigenvalue weighted by atomic mass is 9.80. The minimum Gasteiger partial charge on any atom is -0.493 e. The van der Waals surface area contributed by atoms with Crippen molar-refractivity contribution in [3.05, 3.63) is 28.3 Å². The standard InChI is InChI=1S/C15H22ClNO/c1-10(17)8-15(2,3)9-12-7-13(16)6-11-4-5-18-14(11)12/h6-7,10H,4-5,8-9,17H2,1-3H3. The van der Waals surface area contributed by atoms with Gasteiger partial charge in [-0.2, -0.15) is 0 Å². The molecule has 1 aliphatic rings. The van der Waals surface area contributed by atoms with Crippen molar-refractivity contribution in [1.82, 2.24) is 0 Å². The molecule has 0 bridgehead atoms. The third-order valence-corrected chi connectivity index (χ3v) is 3.59. The fourth-order valence-electron chi connectivity index (χ4n) is 2.94. The van der Waals surface area contributed by atoms with Gasteiger partial charge in [-0.1, -0.05) is 25.4 Å². The maximum atomic E-state index is 6.18. The molecule has 0 saturated heterocycles. The summed E-state index contributed by atoms with van der Waals surface area (Å²) >= 11 is 6.18. The van der Waals surface area contributed by atoms with Gasteiger partial charge in [0.15, 0.2) is 0 Å². The van der Waals surface area contributed by atoms with Crippen LogP contribution in [0.2, 0.25) is 5.02 Å². The first-order valence-electron chi connectivity index (χ1n) is 6.57. The van der Waals surface area contributed by atoms with E-state index in [0.717, 1.165) is 36.6 Å². The van der Waals surface area contributed by atoms with Crippen molar-refractivity contribution in [1.29, 1.82) is 0 Å². The molecular weight excluding hydrogens is 246 g/mol. The second kappa shape index (κ2) is 5.10. The summed E-state index contributed by atoms with van der Waals surface area (Å²) in [5, 5.41) is 0.811. The van der Waals surface area contributed by atoms with E-state index in [4.69, 9.17) is 22.1 Å². The molecule has 2 rings (SSSR count). The monoisotopic (exact) mass is 267 g/mol. The zero-order valence-corrected chi connectivity index (χ0v) is 12.2. The fourth-order valence-corrected chi connectivity index (χ4v) is 3.20. The molecule has 1 aromatic rings. The SMILES string of the molecule is CC(N)CC(C)(C)Cc1cc(Cl)cc2c1OCC2. The van der Waals surface area contributed by atoms with Crippen LogP contribution in [0.3, 0.4) is 0 Å². The Kier molecular flexibility index (Phi) is 3.88. The zero-order valence-electron chi connectivity index (χ0n) is 11.4. The molecule has 2 nitrogen and oxygen atoms in total. The Morgan fingerprint density at radius 2 is 2.17 bits per heavy atom. The molecule has 0 fully saturated rings. The van der Waals surface area contributed by atoms with Crippen LogP contribution >= 0.6 is 11.6 Å². The fraction of sp³-hybridized carbons (Fsp3) is 0.600. The Morgan fingerprint density at radius 1 is 1.44 bits per heavy atom. The lowest BCUT2D eigenvalue weighted by Gasteiger charge is -2.27. The molecule has 0 aliphatic carbocycles. The first-order valence-corrected chi connectivity index (χ1v) is 6.95. The number of fused-ring (bicyclic) bond motifs is 1. The summed E-state index contributed by atoms with van der Waals surface area (Å²) in [6.07, 6.45) is 2.92. The van der Waals surface area contributed by atoms with Crippen molar-refractivity contribution in [3.8, 4) is 5.75 Å². The Balaban J connectivity index is 2.24. The molecule has 1 aliphatic heterocycles. The Morgan fingerprint density at radius 3 is 2.83 bits per heavy atom. The second-order valence-electron chi connectivity index (χ2n) is 6.17. The summed E-state index contributed by atoms with van der Waals surface area (Å²) in [5.74, 6) is 1.05. The van der Waals surface area contributed by atoms with Crippen LogP contribution in [0.25, 0.3) is 0 Å². The van der Waals surface area contributed by atoms with E-state index in [1.807, 2.05) is 12.1 Å². The summed E-state index contributed by atoms with van der Waals surface area (Å²) < 4.78 is 5.75. The van der Waals surface area contributed by atoms with Crippen LogP contribution in [0.4, 0.5) is 0 Å². The van der Waals surface area contributed by atoms with Gasteiger partial charge in [-0.25, -0.2) is 0 Å². The quantitative estimate of drug-likeness (QED) is 0.905. The van der Waals surface area contributed by atoms with Gasteiger partial charge in [-0.3, -0.25) is 0 Å². The molecule has 18 heavy (non-hydrogen) atoms. The Labute approximate surface area is 114 Å². The topological polar surface area (TPSA) is 35.2 Å². The number of ether oxygens (including phenoxy) is 1. The maximum absolute atomic E-state index is 6.18. The van der Waals surface area contributed by atoms with E-state index < -0.39 is 0 Å². The molecular formula is C15H22ClNO. The third kappa shape index (κ3) is 3.18. The number of rotatable bonds is 4. The average molecular weight is 268 g/mol. The van der Waals surface area contributed by atoms with E-state index in [-0.39, 0.29) is 11.5 Å². The number of halogens is 1. The highest BCUT2D eigenvalue weighted by molar-refractivity contribution is 6.30. The van der Waals surface area contributed by atoms with E-state index in [0.29, 0.717) is 0 Å². The predicted molar refractivity (Wildman–Crippen MR) is 76.4 cm³/mol. The van der Waals surface area contributed by atoms with Crippen molar-refractivity contribution >= 4 is 11.6 Å². The molecule has 0 radical (unpaired) electrons. The van der Waals surface area contributed by atoms with E-state index in [9.17, 15) is 0 Å². The first kappa shape index (κ1) is 13.7. The van der Waals surface area contributed by atoms with Crippen LogP contribution in [0, 0.1) is 5.41 Å².